The summed E-state index contributed by atoms with van der Waals surface area (Å²) in [6, 6.07) is 21.4. The van der Waals surface area contributed by atoms with E-state index in [2.05, 4.69) is 5.32 Å². The first-order valence-corrected chi connectivity index (χ1v) is 13.4. The number of carbonyl (C=O) groups is 1. The van der Waals surface area contributed by atoms with E-state index in [1.807, 2.05) is 56.3 Å². The summed E-state index contributed by atoms with van der Waals surface area (Å²) in [5, 5.41) is 2.96. The number of hydrogen-bond donors (Lipinski definition) is 1. The summed E-state index contributed by atoms with van der Waals surface area (Å²) in [4.78, 5) is 13.4. The number of aryl methyl sites for hydroxylation is 1. The average molecular weight is 491 g/mol. The third-order valence-electron chi connectivity index (χ3n) is 6.76. The van der Waals surface area contributed by atoms with Crippen LogP contribution in [0.25, 0.3) is 0 Å². The highest BCUT2D eigenvalue weighted by molar-refractivity contribution is 7.93. The zero-order valence-corrected chi connectivity index (χ0v) is 20.8. The minimum absolute atomic E-state index is 0.179. The Labute approximate surface area is 207 Å². The number of fused-ring (bicyclic) bond motifs is 2. The van der Waals surface area contributed by atoms with E-state index in [0.717, 1.165) is 35.3 Å². The van der Waals surface area contributed by atoms with Gasteiger partial charge in [0.05, 0.1) is 10.6 Å². The first kappa shape index (κ1) is 23.4. The van der Waals surface area contributed by atoms with Crippen molar-refractivity contribution in [3.8, 4) is 5.75 Å². The molecule has 35 heavy (non-hydrogen) atoms. The molecule has 0 aromatic heterocycles. The maximum Gasteiger partial charge on any atom is 0.265 e. The number of ether oxygens (including phenoxy) is 1. The Hall–Kier alpha value is -3.32. The van der Waals surface area contributed by atoms with Crippen molar-refractivity contribution in [1.82, 2.24) is 5.32 Å². The fourth-order valence-electron chi connectivity index (χ4n) is 4.86. The number of carbonyl (C=O) groups excluding carboxylic acids is 1. The first-order valence-electron chi connectivity index (χ1n) is 12.0. The number of sulfonamides is 1. The predicted octanol–water partition coefficient (Wildman–Crippen LogP) is 4.27. The molecular formula is C28H30N2O4S. The van der Waals surface area contributed by atoms with Crippen molar-refractivity contribution in [2.24, 2.45) is 0 Å². The number of benzene rings is 3. The van der Waals surface area contributed by atoms with Crippen LogP contribution in [0, 0.1) is 0 Å². The lowest BCUT2D eigenvalue weighted by Crippen LogP contribution is -2.48. The molecule has 0 saturated carbocycles. The minimum atomic E-state index is -3.97. The topological polar surface area (TPSA) is 75.7 Å². The minimum Gasteiger partial charge on any atom is -0.488 e. The fourth-order valence-corrected chi connectivity index (χ4v) is 6.56. The van der Waals surface area contributed by atoms with E-state index >= 15 is 0 Å². The standard InChI is InChI=1S/C28H30N2O4S/c1-28(2)16-14-22-18-23(12-13-26(22)34-28)35(32,33)30-24-11-7-6-10-21(24)19-25(30)27(31)29-17-15-20-8-4-3-5-9-20/h3-13,18,25H,14-17,19H2,1-2H3,(H,29,31)/t25-/m0/s1. The van der Waals surface area contributed by atoms with Crippen molar-refractivity contribution in [2.45, 2.75) is 56.1 Å². The molecular weight excluding hydrogens is 460 g/mol. The molecule has 1 N–H and O–H groups in total. The van der Waals surface area contributed by atoms with Crippen molar-refractivity contribution in [2.75, 3.05) is 10.8 Å². The summed E-state index contributed by atoms with van der Waals surface area (Å²) in [7, 11) is -3.97. The smallest absolute Gasteiger partial charge is 0.265 e. The summed E-state index contributed by atoms with van der Waals surface area (Å²) in [6.07, 6.45) is 2.57. The van der Waals surface area contributed by atoms with Gasteiger partial charge in [-0.3, -0.25) is 9.10 Å². The molecule has 5 rings (SSSR count). The van der Waals surface area contributed by atoms with Gasteiger partial charge in [0.2, 0.25) is 5.91 Å². The lowest BCUT2D eigenvalue weighted by Gasteiger charge is -2.33. The molecule has 2 aliphatic rings. The SMILES string of the molecule is CC1(C)CCc2cc(S(=O)(=O)N3c4ccccc4C[C@H]3C(=O)NCCc3ccccc3)ccc2O1. The molecule has 3 aromatic rings. The van der Waals surface area contributed by atoms with Gasteiger partial charge in [-0.15, -0.1) is 0 Å². The van der Waals surface area contributed by atoms with Crippen molar-refractivity contribution >= 4 is 21.6 Å². The summed E-state index contributed by atoms with van der Waals surface area (Å²) < 4.78 is 35.2. The fraction of sp³-hybridized carbons (Fsp3) is 0.321. The van der Waals surface area contributed by atoms with Crippen molar-refractivity contribution < 1.29 is 17.9 Å². The van der Waals surface area contributed by atoms with Crippen LogP contribution in [-0.2, 0) is 34.1 Å². The quantitative estimate of drug-likeness (QED) is 0.560. The number of rotatable bonds is 6. The average Bonchev–Trinajstić information content (AvgIpc) is 3.24. The van der Waals surface area contributed by atoms with Gasteiger partial charge in [-0.05, 0) is 74.1 Å². The second-order valence-corrected chi connectivity index (χ2v) is 11.6. The zero-order valence-electron chi connectivity index (χ0n) is 20.0. The van der Waals surface area contributed by atoms with Crippen LogP contribution in [0.5, 0.6) is 5.75 Å². The number of nitrogens with one attached hydrogen (secondary N) is 1. The number of para-hydroxylation sites is 1. The molecule has 182 valence electrons. The predicted molar refractivity (Wildman–Crippen MR) is 136 cm³/mol. The Kier molecular flexibility index (Phi) is 6.05. The highest BCUT2D eigenvalue weighted by Crippen LogP contribution is 2.39. The van der Waals surface area contributed by atoms with Crippen LogP contribution < -0.4 is 14.4 Å². The summed E-state index contributed by atoms with van der Waals surface area (Å²) in [5.41, 5.74) is 3.13. The molecule has 0 bridgehead atoms. The molecule has 3 aromatic carbocycles. The van der Waals surface area contributed by atoms with E-state index in [4.69, 9.17) is 4.74 Å². The Morgan fingerprint density at radius 3 is 2.57 bits per heavy atom. The normalized spacial score (nSPS) is 18.3. The third-order valence-corrected chi connectivity index (χ3v) is 8.57. The molecule has 1 atom stereocenters. The van der Waals surface area contributed by atoms with Crippen molar-refractivity contribution in [3.63, 3.8) is 0 Å². The first-order chi connectivity index (χ1) is 16.7. The summed E-state index contributed by atoms with van der Waals surface area (Å²) in [6.45, 7) is 4.50. The van der Waals surface area contributed by atoms with Crippen LogP contribution in [0.4, 0.5) is 5.69 Å². The molecule has 0 saturated heterocycles. The van der Waals surface area contributed by atoms with Gasteiger partial charge in [0, 0.05) is 13.0 Å². The molecule has 0 fully saturated rings. The molecule has 0 unspecified atom stereocenters. The van der Waals surface area contributed by atoms with E-state index in [0.29, 0.717) is 25.1 Å². The second kappa shape index (κ2) is 9.04. The van der Waals surface area contributed by atoms with Gasteiger partial charge in [-0.25, -0.2) is 8.42 Å². The van der Waals surface area contributed by atoms with E-state index in [9.17, 15) is 13.2 Å². The highest BCUT2D eigenvalue weighted by Gasteiger charge is 2.42. The summed E-state index contributed by atoms with van der Waals surface area (Å²) in [5.74, 6) is 0.431. The number of anilines is 1. The lowest BCUT2D eigenvalue weighted by molar-refractivity contribution is -0.122. The number of nitrogens with zero attached hydrogens (tertiary/aromatic N) is 1. The van der Waals surface area contributed by atoms with Gasteiger partial charge in [0.25, 0.3) is 10.0 Å². The second-order valence-electron chi connectivity index (χ2n) is 9.81. The largest absolute Gasteiger partial charge is 0.488 e. The number of amides is 1. The summed E-state index contributed by atoms with van der Waals surface area (Å²) >= 11 is 0. The number of hydrogen-bond acceptors (Lipinski definition) is 4. The molecule has 6 nitrogen and oxygen atoms in total. The maximum atomic E-state index is 13.9. The molecule has 0 aliphatic carbocycles. The van der Waals surface area contributed by atoms with Gasteiger partial charge in [-0.2, -0.15) is 0 Å². The van der Waals surface area contributed by atoms with E-state index in [-0.39, 0.29) is 16.4 Å². The highest BCUT2D eigenvalue weighted by atomic mass is 32.2. The maximum absolute atomic E-state index is 13.9. The van der Waals surface area contributed by atoms with E-state index < -0.39 is 16.1 Å². The third kappa shape index (κ3) is 4.65. The van der Waals surface area contributed by atoms with Gasteiger partial charge in [0.1, 0.15) is 17.4 Å². The van der Waals surface area contributed by atoms with Crippen molar-refractivity contribution in [1.29, 1.82) is 0 Å². The Balaban J connectivity index is 1.42. The lowest BCUT2D eigenvalue weighted by atomic mass is 9.94. The van der Waals surface area contributed by atoms with Crippen LogP contribution in [0.3, 0.4) is 0 Å². The molecule has 2 aliphatic heterocycles. The van der Waals surface area contributed by atoms with Gasteiger partial charge >= 0.3 is 0 Å². The Bertz CT molecular complexity index is 1350. The van der Waals surface area contributed by atoms with E-state index in [1.165, 1.54) is 4.31 Å². The molecule has 1 amide bonds. The van der Waals surface area contributed by atoms with Gasteiger partial charge in [0.15, 0.2) is 0 Å². The molecule has 2 heterocycles. The monoisotopic (exact) mass is 490 g/mol. The van der Waals surface area contributed by atoms with Crippen LogP contribution in [-0.4, -0.2) is 32.5 Å². The van der Waals surface area contributed by atoms with Gasteiger partial charge < -0.3 is 10.1 Å². The molecule has 0 spiro atoms. The van der Waals surface area contributed by atoms with E-state index in [1.54, 1.807) is 30.3 Å². The Morgan fingerprint density at radius 1 is 1.03 bits per heavy atom. The van der Waals surface area contributed by atoms with Crippen LogP contribution >= 0.6 is 0 Å². The van der Waals surface area contributed by atoms with Crippen molar-refractivity contribution in [3.05, 3.63) is 89.5 Å². The Morgan fingerprint density at radius 2 is 1.77 bits per heavy atom. The molecule has 7 heteroatoms. The van der Waals surface area contributed by atoms with Crippen LogP contribution in [0.15, 0.2) is 77.7 Å². The molecule has 0 radical (unpaired) electrons. The zero-order chi connectivity index (χ0) is 24.6. The van der Waals surface area contributed by atoms with Crippen LogP contribution in [0.1, 0.15) is 37.0 Å². The van der Waals surface area contributed by atoms with Crippen LogP contribution in [0.2, 0.25) is 0 Å². The van der Waals surface area contributed by atoms with Gasteiger partial charge in [-0.1, -0.05) is 48.5 Å².